The Morgan fingerprint density at radius 3 is 2.79 bits per heavy atom. The molecule has 0 aliphatic rings. The van der Waals surface area contributed by atoms with Crippen LogP contribution in [-0.4, -0.2) is 30.6 Å². The molecule has 0 saturated heterocycles. The topological polar surface area (TPSA) is 94.8 Å². The molecule has 1 amide bonds. The van der Waals surface area contributed by atoms with Crippen LogP contribution >= 0.6 is 0 Å². The first-order valence-electron chi connectivity index (χ1n) is 8.99. The van der Waals surface area contributed by atoms with Gasteiger partial charge in [-0.2, -0.15) is 5.10 Å². The Balaban J connectivity index is 1.40. The van der Waals surface area contributed by atoms with E-state index in [2.05, 4.69) is 25.4 Å². The molecule has 0 atom stereocenters. The summed E-state index contributed by atoms with van der Waals surface area (Å²) in [5.74, 6) is 0.894. The zero-order valence-electron chi connectivity index (χ0n) is 15.5. The van der Waals surface area contributed by atoms with Crippen molar-refractivity contribution in [3.63, 3.8) is 0 Å². The molecule has 29 heavy (non-hydrogen) atoms. The molecule has 0 bridgehead atoms. The number of carbonyl (C=O) groups is 1. The van der Waals surface area contributed by atoms with Crippen LogP contribution in [0.4, 0.5) is 0 Å². The summed E-state index contributed by atoms with van der Waals surface area (Å²) in [5, 5.41) is 6.96. The van der Waals surface area contributed by atoms with Crippen LogP contribution < -0.4 is 10.1 Å². The van der Waals surface area contributed by atoms with Gasteiger partial charge in [-0.15, -0.1) is 0 Å². The largest absolute Gasteiger partial charge is 0.487 e. The maximum atomic E-state index is 12.7. The molecular formula is C21H18N6O2. The molecule has 144 valence electrons. The Labute approximate surface area is 167 Å². The van der Waals surface area contributed by atoms with Crippen LogP contribution in [0.2, 0.25) is 0 Å². The van der Waals surface area contributed by atoms with Crippen molar-refractivity contribution in [1.82, 2.24) is 30.0 Å². The average Bonchev–Trinajstić information content (AvgIpc) is 3.32. The molecule has 4 aromatic rings. The molecule has 3 heterocycles. The zero-order chi connectivity index (χ0) is 19.9. The predicted molar refractivity (Wildman–Crippen MR) is 105 cm³/mol. The van der Waals surface area contributed by atoms with Gasteiger partial charge in [0.05, 0.1) is 11.3 Å². The number of nitrogens with zero attached hydrogens (tertiary/aromatic N) is 5. The zero-order valence-corrected chi connectivity index (χ0v) is 15.5. The third kappa shape index (κ3) is 4.62. The summed E-state index contributed by atoms with van der Waals surface area (Å²) in [4.78, 5) is 25.1. The van der Waals surface area contributed by atoms with E-state index in [1.54, 1.807) is 24.5 Å². The second-order valence-electron chi connectivity index (χ2n) is 6.15. The smallest absolute Gasteiger partial charge is 0.255 e. The number of ether oxygens (including phenoxy) is 1. The van der Waals surface area contributed by atoms with Gasteiger partial charge in [-0.3, -0.25) is 9.78 Å². The first-order chi connectivity index (χ1) is 14.3. The number of rotatable bonds is 7. The van der Waals surface area contributed by atoms with Crippen LogP contribution in [0.15, 0.2) is 79.6 Å². The summed E-state index contributed by atoms with van der Waals surface area (Å²) < 4.78 is 7.25. The standard InChI is InChI=1S/C21H18N6O2/c28-21(19-8-4-10-24-20(19)27-15-22-14-26-27)25-12-16-5-3-7-18(11-16)29-13-17-6-1-2-9-23-17/h1-11,14-15H,12-13H2,(H,25,28). The Morgan fingerprint density at radius 2 is 1.97 bits per heavy atom. The quantitative estimate of drug-likeness (QED) is 0.525. The van der Waals surface area contributed by atoms with Crippen molar-refractivity contribution in [2.24, 2.45) is 0 Å². The molecule has 3 aromatic heterocycles. The summed E-state index contributed by atoms with van der Waals surface area (Å²) in [5.41, 5.74) is 2.19. The Kier molecular flexibility index (Phi) is 5.52. The van der Waals surface area contributed by atoms with E-state index in [0.717, 1.165) is 11.3 Å². The van der Waals surface area contributed by atoms with Crippen LogP contribution in [0.5, 0.6) is 5.75 Å². The molecule has 0 aliphatic carbocycles. The lowest BCUT2D eigenvalue weighted by atomic mass is 10.2. The average molecular weight is 386 g/mol. The van der Waals surface area contributed by atoms with Gasteiger partial charge in [-0.1, -0.05) is 18.2 Å². The van der Waals surface area contributed by atoms with E-state index < -0.39 is 0 Å². The van der Waals surface area contributed by atoms with Crippen LogP contribution in [0, 0.1) is 0 Å². The molecule has 1 aromatic carbocycles. The first-order valence-corrected chi connectivity index (χ1v) is 8.99. The normalized spacial score (nSPS) is 10.5. The number of pyridine rings is 2. The number of hydrogen-bond acceptors (Lipinski definition) is 6. The van der Waals surface area contributed by atoms with Gasteiger partial charge in [0.2, 0.25) is 0 Å². The number of benzene rings is 1. The van der Waals surface area contributed by atoms with E-state index in [1.165, 1.54) is 17.3 Å². The van der Waals surface area contributed by atoms with Gasteiger partial charge in [0, 0.05) is 18.9 Å². The van der Waals surface area contributed by atoms with Crippen molar-refractivity contribution >= 4 is 5.91 Å². The molecule has 0 radical (unpaired) electrons. The molecule has 1 N–H and O–H groups in total. The van der Waals surface area contributed by atoms with Gasteiger partial charge in [-0.05, 0) is 42.0 Å². The maximum Gasteiger partial charge on any atom is 0.255 e. The van der Waals surface area contributed by atoms with Gasteiger partial charge in [0.1, 0.15) is 25.0 Å². The summed E-state index contributed by atoms with van der Waals surface area (Å²) in [6, 6.07) is 16.7. The van der Waals surface area contributed by atoms with Crippen LogP contribution in [0.1, 0.15) is 21.6 Å². The first kappa shape index (κ1) is 18.3. The highest BCUT2D eigenvalue weighted by molar-refractivity contribution is 5.97. The fourth-order valence-electron chi connectivity index (χ4n) is 2.74. The molecule has 0 unspecified atom stereocenters. The fraction of sp³-hybridized carbons (Fsp3) is 0.0952. The molecule has 8 nitrogen and oxygen atoms in total. The van der Waals surface area contributed by atoms with E-state index in [-0.39, 0.29) is 5.91 Å². The molecule has 0 spiro atoms. The van der Waals surface area contributed by atoms with Gasteiger partial charge >= 0.3 is 0 Å². The maximum absolute atomic E-state index is 12.7. The molecular weight excluding hydrogens is 368 g/mol. The van der Waals surface area contributed by atoms with Crippen molar-refractivity contribution in [1.29, 1.82) is 0 Å². The van der Waals surface area contributed by atoms with E-state index >= 15 is 0 Å². The highest BCUT2D eigenvalue weighted by atomic mass is 16.5. The summed E-state index contributed by atoms with van der Waals surface area (Å²) in [6.45, 7) is 0.735. The SMILES string of the molecule is O=C(NCc1cccc(OCc2ccccn2)c1)c1cccnc1-n1cncn1. The van der Waals surface area contributed by atoms with Gasteiger partial charge in [0.25, 0.3) is 5.91 Å². The third-order valence-corrected chi connectivity index (χ3v) is 4.13. The van der Waals surface area contributed by atoms with Crippen LogP contribution in [-0.2, 0) is 13.2 Å². The minimum atomic E-state index is -0.247. The molecule has 0 saturated carbocycles. The number of carbonyl (C=O) groups excluding carboxylic acids is 1. The highest BCUT2D eigenvalue weighted by Gasteiger charge is 2.14. The van der Waals surface area contributed by atoms with Crippen molar-refractivity contribution in [2.75, 3.05) is 0 Å². The van der Waals surface area contributed by atoms with Crippen molar-refractivity contribution in [2.45, 2.75) is 13.2 Å². The van der Waals surface area contributed by atoms with Crippen molar-refractivity contribution in [3.05, 3.63) is 96.5 Å². The Bertz CT molecular complexity index is 1080. The Hall–Kier alpha value is -4.07. The summed E-state index contributed by atoms with van der Waals surface area (Å²) in [6.07, 6.45) is 6.24. The van der Waals surface area contributed by atoms with Gasteiger partial charge in [0.15, 0.2) is 5.82 Å². The monoisotopic (exact) mass is 386 g/mol. The lowest BCUT2D eigenvalue weighted by Crippen LogP contribution is -2.24. The number of aromatic nitrogens is 5. The van der Waals surface area contributed by atoms with E-state index in [1.807, 2.05) is 42.5 Å². The second kappa shape index (κ2) is 8.75. The van der Waals surface area contributed by atoms with Crippen molar-refractivity contribution < 1.29 is 9.53 Å². The van der Waals surface area contributed by atoms with E-state index in [4.69, 9.17) is 4.74 Å². The van der Waals surface area contributed by atoms with E-state index in [9.17, 15) is 4.79 Å². The van der Waals surface area contributed by atoms with Crippen molar-refractivity contribution in [3.8, 4) is 11.6 Å². The van der Waals surface area contributed by atoms with Crippen LogP contribution in [0.25, 0.3) is 5.82 Å². The predicted octanol–water partition coefficient (Wildman–Crippen LogP) is 2.57. The fourth-order valence-corrected chi connectivity index (χ4v) is 2.74. The number of hydrogen-bond donors (Lipinski definition) is 1. The number of amides is 1. The van der Waals surface area contributed by atoms with Gasteiger partial charge in [-0.25, -0.2) is 14.6 Å². The minimum absolute atomic E-state index is 0.247. The molecule has 8 heteroatoms. The second-order valence-corrected chi connectivity index (χ2v) is 6.15. The summed E-state index contributed by atoms with van der Waals surface area (Å²) >= 11 is 0. The lowest BCUT2D eigenvalue weighted by Gasteiger charge is -2.10. The van der Waals surface area contributed by atoms with Gasteiger partial charge < -0.3 is 10.1 Å². The number of nitrogens with one attached hydrogen (secondary N) is 1. The highest BCUT2D eigenvalue weighted by Crippen LogP contribution is 2.15. The third-order valence-electron chi connectivity index (χ3n) is 4.13. The Morgan fingerprint density at radius 1 is 1.03 bits per heavy atom. The van der Waals surface area contributed by atoms with Crippen LogP contribution in [0.3, 0.4) is 0 Å². The van der Waals surface area contributed by atoms with E-state index in [0.29, 0.717) is 30.3 Å². The molecule has 4 rings (SSSR count). The summed E-state index contributed by atoms with van der Waals surface area (Å²) in [7, 11) is 0. The molecule has 0 fully saturated rings. The lowest BCUT2D eigenvalue weighted by molar-refractivity contribution is 0.0950. The minimum Gasteiger partial charge on any atom is -0.487 e. The molecule has 0 aliphatic heterocycles.